The minimum absolute atomic E-state index is 0.213. The molecule has 0 unspecified atom stereocenters. The number of aromatic nitrogens is 2. The molecule has 0 fully saturated rings. The molecule has 1 aromatic heterocycles. The van der Waals surface area contributed by atoms with Crippen LogP contribution in [0, 0.1) is 5.82 Å². The van der Waals surface area contributed by atoms with E-state index in [4.69, 9.17) is 5.73 Å². The van der Waals surface area contributed by atoms with Crippen LogP contribution in [0.3, 0.4) is 0 Å². The molecule has 0 aliphatic rings. The maximum absolute atomic E-state index is 13.7. The summed E-state index contributed by atoms with van der Waals surface area (Å²) in [5.74, 6) is -0.213. The van der Waals surface area contributed by atoms with E-state index in [1.54, 1.807) is 23.0 Å². The fourth-order valence-electron chi connectivity index (χ4n) is 1.93. The second kappa shape index (κ2) is 5.10. The highest BCUT2D eigenvalue weighted by Crippen LogP contribution is 2.26. The first-order valence-electron chi connectivity index (χ1n) is 5.70. The summed E-state index contributed by atoms with van der Waals surface area (Å²) in [4.78, 5) is 0. The number of benzene rings is 1. The first-order chi connectivity index (χ1) is 8.24. The van der Waals surface area contributed by atoms with Gasteiger partial charge in [0.25, 0.3) is 0 Å². The van der Waals surface area contributed by atoms with Crippen molar-refractivity contribution in [1.82, 2.24) is 9.78 Å². The molecule has 0 saturated heterocycles. The summed E-state index contributed by atoms with van der Waals surface area (Å²) in [5, 5.41) is 4.20. The van der Waals surface area contributed by atoms with Gasteiger partial charge in [-0.2, -0.15) is 5.10 Å². The predicted molar refractivity (Wildman–Crippen MR) is 66.0 cm³/mol. The Kier molecular flexibility index (Phi) is 3.54. The fourth-order valence-corrected chi connectivity index (χ4v) is 1.93. The van der Waals surface area contributed by atoms with Crippen LogP contribution in [0.4, 0.5) is 4.39 Å². The molecule has 4 heteroatoms. The molecule has 2 aromatic rings. The highest BCUT2D eigenvalue weighted by atomic mass is 19.1. The number of halogens is 1. The van der Waals surface area contributed by atoms with Gasteiger partial charge in [-0.3, -0.25) is 4.68 Å². The topological polar surface area (TPSA) is 43.8 Å². The number of rotatable bonds is 4. The summed E-state index contributed by atoms with van der Waals surface area (Å²) < 4.78 is 15.5. The molecule has 0 amide bonds. The van der Waals surface area contributed by atoms with Crippen molar-refractivity contribution >= 4 is 0 Å². The molecule has 0 saturated carbocycles. The molecule has 17 heavy (non-hydrogen) atoms. The number of hydrogen-bond acceptors (Lipinski definition) is 2. The van der Waals surface area contributed by atoms with Gasteiger partial charge in [-0.1, -0.05) is 18.2 Å². The molecule has 0 spiro atoms. The van der Waals surface area contributed by atoms with E-state index < -0.39 is 0 Å². The summed E-state index contributed by atoms with van der Waals surface area (Å²) in [5.41, 5.74) is 8.00. The number of aryl methyl sites for hydroxylation is 1. The van der Waals surface area contributed by atoms with Crippen LogP contribution in [0.2, 0.25) is 0 Å². The van der Waals surface area contributed by atoms with Gasteiger partial charge in [0.05, 0.1) is 6.20 Å². The van der Waals surface area contributed by atoms with Crippen molar-refractivity contribution in [2.75, 3.05) is 6.54 Å². The van der Waals surface area contributed by atoms with Gasteiger partial charge in [0.1, 0.15) is 5.82 Å². The molecule has 0 aliphatic heterocycles. The third kappa shape index (κ3) is 2.36. The van der Waals surface area contributed by atoms with Crippen LogP contribution in [0.15, 0.2) is 30.5 Å². The molecule has 3 nitrogen and oxygen atoms in total. The van der Waals surface area contributed by atoms with E-state index in [2.05, 4.69) is 5.10 Å². The third-order valence-corrected chi connectivity index (χ3v) is 2.84. The van der Waals surface area contributed by atoms with Crippen LogP contribution in [0.5, 0.6) is 0 Å². The van der Waals surface area contributed by atoms with Crippen LogP contribution in [-0.2, 0) is 13.5 Å². The van der Waals surface area contributed by atoms with E-state index >= 15 is 0 Å². The van der Waals surface area contributed by atoms with E-state index in [-0.39, 0.29) is 5.82 Å². The van der Waals surface area contributed by atoms with Crippen molar-refractivity contribution < 1.29 is 4.39 Å². The number of hydrogen-bond donors (Lipinski definition) is 1. The molecular weight excluding hydrogens is 217 g/mol. The smallest absolute Gasteiger partial charge is 0.131 e. The molecule has 90 valence electrons. The van der Waals surface area contributed by atoms with Crippen molar-refractivity contribution in [3.8, 4) is 11.1 Å². The summed E-state index contributed by atoms with van der Waals surface area (Å²) in [6.45, 7) is 0.627. The van der Waals surface area contributed by atoms with Crippen molar-refractivity contribution in [1.29, 1.82) is 0 Å². The first kappa shape index (κ1) is 11.8. The van der Waals surface area contributed by atoms with Gasteiger partial charge < -0.3 is 5.73 Å². The average Bonchev–Trinajstić information content (AvgIpc) is 2.69. The first-order valence-corrected chi connectivity index (χ1v) is 5.70. The Bertz CT molecular complexity index is 505. The third-order valence-electron chi connectivity index (χ3n) is 2.84. The Balaban J connectivity index is 2.42. The minimum atomic E-state index is -0.213. The van der Waals surface area contributed by atoms with Gasteiger partial charge >= 0.3 is 0 Å². The van der Waals surface area contributed by atoms with E-state index in [1.807, 2.05) is 13.1 Å². The van der Waals surface area contributed by atoms with Crippen LogP contribution < -0.4 is 5.73 Å². The second-order valence-electron chi connectivity index (χ2n) is 4.00. The largest absolute Gasteiger partial charge is 0.330 e. The van der Waals surface area contributed by atoms with Gasteiger partial charge in [0, 0.05) is 23.9 Å². The lowest BCUT2D eigenvalue weighted by Gasteiger charge is -2.06. The highest BCUT2D eigenvalue weighted by molar-refractivity contribution is 5.66. The van der Waals surface area contributed by atoms with Gasteiger partial charge in [0.2, 0.25) is 0 Å². The quantitative estimate of drug-likeness (QED) is 0.879. The van der Waals surface area contributed by atoms with E-state index in [0.717, 1.165) is 24.1 Å². The number of nitrogens with zero attached hydrogens (tertiary/aromatic N) is 2. The maximum atomic E-state index is 13.7. The van der Waals surface area contributed by atoms with Crippen LogP contribution in [0.25, 0.3) is 11.1 Å². The zero-order chi connectivity index (χ0) is 12.3. The SMILES string of the molecule is Cn1ncc(-c2ccccc2F)c1CCCN. The molecule has 1 heterocycles. The molecule has 0 aliphatic carbocycles. The van der Waals surface area contributed by atoms with Gasteiger partial charge in [-0.05, 0) is 25.5 Å². The molecule has 2 N–H and O–H groups in total. The molecule has 2 rings (SSSR count). The molecular formula is C13H16FN3. The monoisotopic (exact) mass is 233 g/mol. The average molecular weight is 233 g/mol. The minimum Gasteiger partial charge on any atom is -0.330 e. The van der Waals surface area contributed by atoms with Gasteiger partial charge in [-0.25, -0.2) is 4.39 Å². The zero-order valence-electron chi connectivity index (χ0n) is 9.86. The lowest BCUT2D eigenvalue weighted by molar-refractivity contribution is 0.630. The lowest BCUT2D eigenvalue weighted by Crippen LogP contribution is -2.05. The molecule has 0 radical (unpaired) electrons. The van der Waals surface area contributed by atoms with E-state index in [0.29, 0.717) is 12.1 Å². The zero-order valence-corrected chi connectivity index (χ0v) is 9.86. The maximum Gasteiger partial charge on any atom is 0.131 e. The van der Waals surface area contributed by atoms with Crippen molar-refractivity contribution in [2.24, 2.45) is 12.8 Å². The standard InChI is InChI=1S/C13H16FN3/c1-17-13(7-4-8-15)11(9-16-17)10-5-2-3-6-12(10)14/h2-3,5-6,9H,4,7-8,15H2,1H3. The summed E-state index contributed by atoms with van der Waals surface area (Å²) in [7, 11) is 1.87. The Labute approximate surface area is 100 Å². The second-order valence-corrected chi connectivity index (χ2v) is 4.00. The number of nitrogens with two attached hydrogens (primary N) is 1. The summed E-state index contributed by atoms with van der Waals surface area (Å²) >= 11 is 0. The lowest BCUT2D eigenvalue weighted by atomic mass is 10.0. The Morgan fingerprint density at radius 1 is 1.29 bits per heavy atom. The van der Waals surface area contributed by atoms with Crippen molar-refractivity contribution in [3.05, 3.63) is 42.0 Å². The van der Waals surface area contributed by atoms with E-state index in [9.17, 15) is 4.39 Å². The van der Waals surface area contributed by atoms with Crippen LogP contribution >= 0.6 is 0 Å². The normalized spacial score (nSPS) is 10.8. The van der Waals surface area contributed by atoms with E-state index in [1.165, 1.54) is 6.07 Å². The van der Waals surface area contributed by atoms with Gasteiger partial charge in [0.15, 0.2) is 0 Å². The Hall–Kier alpha value is -1.68. The van der Waals surface area contributed by atoms with Crippen molar-refractivity contribution in [2.45, 2.75) is 12.8 Å². The van der Waals surface area contributed by atoms with Crippen LogP contribution in [0.1, 0.15) is 12.1 Å². The molecule has 1 aromatic carbocycles. The highest BCUT2D eigenvalue weighted by Gasteiger charge is 2.13. The summed E-state index contributed by atoms with van der Waals surface area (Å²) in [6.07, 6.45) is 3.40. The Morgan fingerprint density at radius 3 is 2.76 bits per heavy atom. The predicted octanol–water partition coefficient (Wildman–Crippen LogP) is 2.12. The van der Waals surface area contributed by atoms with Gasteiger partial charge in [-0.15, -0.1) is 0 Å². The van der Waals surface area contributed by atoms with Crippen molar-refractivity contribution in [3.63, 3.8) is 0 Å². The summed E-state index contributed by atoms with van der Waals surface area (Å²) in [6, 6.07) is 6.76. The Morgan fingerprint density at radius 2 is 2.06 bits per heavy atom. The molecule has 0 atom stereocenters. The van der Waals surface area contributed by atoms with Crippen LogP contribution in [-0.4, -0.2) is 16.3 Å². The molecule has 0 bridgehead atoms. The fraction of sp³-hybridized carbons (Fsp3) is 0.308.